The zero-order valence-electron chi connectivity index (χ0n) is 56.8. The summed E-state index contributed by atoms with van der Waals surface area (Å²) in [5.74, 6) is -19.8. The number of benzene rings is 1. The van der Waals surface area contributed by atoms with Crippen molar-refractivity contribution in [2.45, 2.75) is 205 Å². The fourth-order valence-corrected chi connectivity index (χ4v) is 11.4. The predicted octanol–water partition coefficient (Wildman–Crippen LogP) is 1.11. The van der Waals surface area contributed by atoms with E-state index in [1.165, 1.54) is 54.9 Å². The number of nitrogens with one attached hydrogen (secondary N) is 6. The first-order valence-corrected chi connectivity index (χ1v) is 34.1. The second-order valence-electron chi connectivity index (χ2n) is 24.9. The lowest BCUT2D eigenvalue weighted by Crippen LogP contribution is -2.52. The lowest BCUT2D eigenvalue weighted by molar-refractivity contribution is -0.142. The second-order valence-corrected chi connectivity index (χ2v) is 25.8. The Morgan fingerprint density at radius 1 is 0.556 bits per heavy atom. The molecule has 2 rings (SSSR count). The summed E-state index contributed by atoms with van der Waals surface area (Å²) in [5.41, 5.74) is 6.53. The summed E-state index contributed by atoms with van der Waals surface area (Å²) < 4.78 is 5.68. The van der Waals surface area contributed by atoms with Crippen LogP contribution in [0.25, 0.3) is 0 Å². The van der Waals surface area contributed by atoms with Crippen molar-refractivity contribution >= 4 is 118 Å². The van der Waals surface area contributed by atoms with Crippen LogP contribution in [0.3, 0.4) is 0 Å². The summed E-state index contributed by atoms with van der Waals surface area (Å²) in [7, 11) is 1.45. The number of aliphatic carboxylic acids is 5. The zero-order chi connectivity index (χ0) is 74.6. The molecule has 1 heterocycles. The van der Waals surface area contributed by atoms with E-state index >= 15 is 0 Å². The molecule has 0 spiro atoms. The maximum absolute atomic E-state index is 14.4. The third-order valence-corrected chi connectivity index (χ3v) is 17.0. The fourth-order valence-electron chi connectivity index (χ4n) is 10.8. The Morgan fingerprint density at radius 2 is 1.04 bits per heavy atom. The predicted molar refractivity (Wildman–Crippen MR) is 353 cm³/mol. The van der Waals surface area contributed by atoms with Gasteiger partial charge in [-0.25, -0.2) is 0 Å². The molecule has 0 bridgehead atoms. The Bertz CT molecular complexity index is 3050. The van der Waals surface area contributed by atoms with Crippen LogP contribution in [0.1, 0.15) is 172 Å². The van der Waals surface area contributed by atoms with Crippen LogP contribution in [0.4, 0.5) is 0 Å². The van der Waals surface area contributed by atoms with Crippen LogP contribution in [0.2, 0.25) is 0 Å². The third-order valence-electron chi connectivity index (χ3n) is 16.3. The average Bonchev–Trinajstić information content (AvgIpc) is 1.78. The molecule has 1 aromatic rings. The molecule has 1 fully saturated rings. The number of amides is 7. The number of hydrogen-bond acceptors (Lipinski definition) is 21. The molecule has 99 heavy (non-hydrogen) atoms. The van der Waals surface area contributed by atoms with Crippen LogP contribution in [-0.4, -0.2) is 217 Å². The first-order chi connectivity index (χ1) is 46.6. The molecule has 0 aromatic heterocycles. The van der Waals surface area contributed by atoms with Crippen LogP contribution in [0, 0.1) is 23.7 Å². The molecule has 1 aliphatic rings. The van der Waals surface area contributed by atoms with Crippen molar-refractivity contribution in [3.8, 4) is 0 Å². The van der Waals surface area contributed by atoms with Crippen LogP contribution in [-0.2, 0) is 92.7 Å². The van der Waals surface area contributed by atoms with E-state index in [4.69, 9.17) is 15.6 Å². The second kappa shape index (κ2) is 44.9. The SMILES string of the molecule is CNC(=O)[C@H](C)CC(=O)[C@H](CSC)NC(=O)CCC(=O)[C@H](CC(C)C)NC(=O)[C@@H]1CCCN1C(=O)COCCCC(=O)[C@H](Cc1ccc(C(C)=O)cc1)NC(=O)[C@@H](CCC(=O)O)CC(=O)[C@@H](CCC(=O)O)NC(=O)[C@@H](CCC(=O)O)CC(=O)[C@@H](CCC(=O)O)NC(=O)[C@H](N)CCC(=O)O. The van der Waals surface area contributed by atoms with Crippen molar-refractivity contribution < 1.29 is 117 Å². The van der Waals surface area contributed by atoms with Gasteiger partial charge in [0.25, 0.3) is 0 Å². The highest BCUT2D eigenvalue weighted by molar-refractivity contribution is 7.98. The minimum Gasteiger partial charge on any atom is -0.481 e. The van der Waals surface area contributed by atoms with Gasteiger partial charge in [-0.05, 0) is 88.9 Å². The standard InChI is InChI=1S/C66H96N8O24S/c1-36(2)29-46(51(77)20-21-55(81)69-48(35-99-6)52(78)30-37(3)62(93)68-5)73-66(97)49-9-7-27-74(49)56(82)34-98-28-8-10-50(76)47(31-39-11-13-40(14-12-39)38(4)75)72-64(95)42(16-23-58(85)86)33-53(79)44(18-25-60(89)90)70-63(94)41(15-22-57(83)84)32-54(80)45(19-26-61(91)92)71-65(96)43(67)17-24-59(87)88/h11-14,36-37,41-49H,7-10,15-35,67H2,1-6H3,(H,68,93)(H,69,81)(H,70,94)(H,71,96)(H,72,95)(H,73,97)(H,83,84)(H,85,86)(H,87,88)(H,89,90)(H,91,92)/t37-,41+,42+,43-,44-,45-,46+,47+,48+,49+/m1/s1. The molecule has 33 heteroatoms. The Labute approximate surface area is 577 Å². The van der Waals surface area contributed by atoms with Crippen molar-refractivity contribution in [3.05, 3.63) is 35.4 Å². The molecular formula is C66H96N8O24S. The molecule has 1 aromatic carbocycles. The van der Waals surface area contributed by atoms with Gasteiger partial charge in [0.15, 0.2) is 34.7 Å². The van der Waals surface area contributed by atoms with Gasteiger partial charge in [-0.3, -0.25) is 86.3 Å². The van der Waals surface area contributed by atoms with E-state index in [2.05, 4.69) is 31.9 Å². The molecule has 0 unspecified atom stereocenters. The first kappa shape index (κ1) is 86.2. The molecule has 13 N–H and O–H groups in total. The van der Waals surface area contributed by atoms with Gasteiger partial charge in [-0.15, -0.1) is 0 Å². The molecule has 32 nitrogen and oxygen atoms in total. The van der Waals surface area contributed by atoms with Gasteiger partial charge in [-0.2, -0.15) is 11.8 Å². The number of thioether (sulfide) groups is 1. The number of nitrogens with zero attached hydrogens (tertiary/aromatic N) is 1. The number of hydrogen-bond donors (Lipinski definition) is 12. The Balaban J connectivity index is 2.32. The normalized spacial score (nSPS) is 15.4. The first-order valence-electron chi connectivity index (χ1n) is 32.7. The Hall–Kier alpha value is -8.85. The summed E-state index contributed by atoms with van der Waals surface area (Å²) in [5, 5.41) is 62.3. The van der Waals surface area contributed by atoms with Gasteiger partial charge in [0, 0.05) is 120 Å². The number of ether oxygens (including phenoxy) is 1. The van der Waals surface area contributed by atoms with Gasteiger partial charge < -0.3 is 72.8 Å². The summed E-state index contributed by atoms with van der Waals surface area (Å²) in [6.07, 6.45) is -6.62. The topological polar surface area (TPSA) is 519 Å². The highest BCUT2D eigenvalue weighted by Gasteiger charge is 2.38. The smallest absolute Gasteiger partial charge is 0.303 e. The lowest BCUT2D eigenvalue weighted by atomic mass is 9.89. The van der Waals surface area contributed by atoms with Crippen LogP contribution >= 0.6 is 11.8 Å². The molecule has 1 saturated heterocycles. The van der Waals surface area contributed by atoms with E-state index in [9.17, 15) is 107 Å². The minimum absolute atomic E-state index is 0.0422. The van der Waals surface area contributed by atoms with Gasteiger partial charge in [0.2, 0.25) is 41.4 Å². The van der Waals surface area contributed by atoms with Crippen LogP contribution in [0.15, 0.2) is 24.3 Å². The van der Waals surface area contributed by atoms with Crippen LogP contribution in [0.5, 0.6) is 0 Å². The molecule has 550 valence electrons. The zero-order valence-corrected chi connectivity index (χ0v) is 57.6. The number of carbonyl (C=O) groups excluding carboxylic acids is 13. The summed E-state index contributed by atoms with van der Waals surface area (Å²) >= 11 is 1.31. The Kier molecular flexibility index (Phi) is 39.2. The summed E-state index contributed by atoms with van der Waals surface area (Å²) in [6.45, 7) is 6.02. The molecule has 1 aliphatic heterocycles. The minimum atomic E-state index is -1.79. The van der Waals surface area contributed by atoms with E-state index in [-0.39, 0.29) is 100 Å². The average molecular weight is 1420 g/mol. The monoisotopic (exact) mass is 1420 g/mol. The number of carboxylic acids is 5. The quantitative estimate of drug-likeness (QED) is 0.0321. The number of likely N-dealkylation sites (tertiary alicyclic amines) is 1. The van der Waals surface area contributed by atoms with Crippen molar-refractivity contribution in [2.24, 2.45) is 29.4 Å². The van der Waals surface area contributed by atoms with Gasteiger partial charge in [0.1, 0.15) is 12.6 Å². The largest absolute Gasteiger partial charge is 0.481 e. The lowest BCUT2D eigenvalue weighted by Gasteiger charge is -2.27. The molecule has 7 amide bonds. The highest BCUT2D eigenvalue weighted by atomic mass is 32.2. The third kappa shape index (κ3) is 33.5. The number of carbonyl (C=O) groups is 18. The maximum atomic E-state index is 14.4. The molecule has 0 saturated carbocycles. The van der Waals surface area contributed by atoms with E-state index in [0.29, 0.717) is 17.5 Å². The highest BCUT2D eigenvalue weighted by Crippen LogP contribution is 2.23. The number of carboxylic acid groups (broad SMARTS) is 5. The van der Waals surface area contributed by atoms with E-state index in [1.807, 2.05) is 13.8 Å². The molecule has 0 radical (unpaired) electrons. The molecular weight excluding hydrogens is 1320 g/mol. The van der Waals surface area contributed by atoms with Gasteiger partial charge in [0.05, 0.1) is 36.3 Å². The number of ketones is 6. The van der Waals surface area contributed by atoms with E-state index < -0.39 is 226 Å². The van der Waals surface area contributed by atoms with Gasteiger partial charge in [-0.1, -0.05) is 45.0 Å². The van der Waals surface area contributed by atoms with Crippen molar-refractivity contribution in [2.75, 3.05) is 38.8 Å². The molecule has 0 aliphatic carbocycles. The summed E-state index contributed by atoms with van der Waals surface area (Å²) in [6, 6.07) is -3.22. The number of rotatable bonds is 52. The van der Waals surface area contributed by atoms with Crippen molar-refractivity contribution in [1.82, 2.24) is 36.8 Å². The fraction of sp³-hybridized carbons (Fsp3) is 0.636. The Morgan fingerprint density at radius 3 is 1.54 bits per heavy atom. The van der Waals surface area contributed by atoms with Crippen LogP contribution < -0.4 is 37.6 Å². The van der Waals surface area contributed by atoms with Gasteiger partial charge >= 0.3 is 29.8 Å². The van der Waals surface area contributed by atoms with E-state index in [1.54, 1.807) is 13.2 Å². The van der Waals surface area contributed by atoms with E-state index in [0.717, 1.165) is 0 Å². The number of Topliss-reactive ketones (excluding diaryl/α,β-unsaturated/α-hetero) is 6. The number of nitrogens with two attached hydrogens (primary N) is 1. The maximum Gasteiger partial charge on any atom is 0.303 e. The molecule has 10 atom stereocenters. The van der Waals surface area contributed by atoms with Crippen molar-refractivity contribution in [3.63, 3.8) is 0 Å². The summed E-state index contributed by atoms with van der Waals surface area (Å²) in [4.78, 5) is 234. The van der Waals surface area contributed by atoms with Crippen molar-refractivity contribution in [1.29, 1.82) is 0 Å².